The molecule has 30 heavy (non-hydrogen) atoms. The lowest BCUT2D eigenvalue weighted by atomic mass is 10.1. The van der Waals surface area contributed by atoms with Crippen LogP contribution < -0.4 is 14.8 Å². The number of nitrogens with one attached hydrogen (secondary N) is 1. The minimum Gasteiger partial charge on any atom is -0.493 e. The highest BCUT2D eigenvalue weighted by Crippen LogP contribution is 2.32. The van der Waals surface area contributed by atoms with Gasteiger partial charge in [-0.1, -0.05) is 42.0 Å². The number of anilines is 1. The smallest absolute Gasteiger partial charge is 0.338 e. The van der Waals surface area contributed by atoms with E-state index < -0.39 is 0 Å². The Labute approximate surface area is 177 Å². The van der Waals surface area contributed by atoms with Crippen molar-refractivity contribution < 1.29 is 19.0 Å². The molecular formula is C25H27NO4. The third-order valence-corrected chi connectivity index (χ3v) is 4.63. The van der Waals surface area contributed by atoms with Crippen molar-refractivity contribution in [3.8, 4) is 11.5 Å². The van der Waals surface area contributed by atoms with E-state index in [0.717, 1.165) is 22.6 Å². The van der Waals surface area contributed by atoms with Crippen molar-refractivity contribution in [2.75, 3.05) is 19.0 Å². The van der Waals surface area contributed by atoms with E-state index in [1.807, 2.05) is 42.5 Å². The fourth-order valence-corrected chi connectivity index (χ4v) is 3.12. The van der Waals surface area contributed by atoms with Gasteiger partial charge in [-0.3, -0.25) is 0 Å². The predicted molar refractivity (Wildman–Crippen MR) is 118 cm³/mol. The lowest BCUT2D eigenvalue weighted by Gasteiger charge is -2.16. The standard InChI is InChI=1S/C25H27NO4/c1-4-29-25(27)20-11-13-22(14-12-20)26-16-21-9-6-10-23(28-3)24(21)30-17-19-8-5-7-18(2)15-19/h5-15,26H,4,16-17H2,1-3H3. The summed E-state index contributed by atoms with van der Waals surface area (Å²) < 4.78 is 16.7. The Morgan fingerprint density at radius 2 is 1.77 bits per heavy atom. The van der Waals surface area contributed by atoms with E-state index in [2.05, 4.69) is 24.4 Å². The van der Waals surface area contributed by atoms with Crippen LogP contribution in [-0.4, -0.2) is 19.7 Å². The average molecular weight is 405 g/mol. The molecule has 0 saturated carbocycles. The molecule has 0 fully saturated rings. The molecule has 0 spiro atoms. The van der Waals surface area contributed by atoms with Gasteiger partial charge in [0.1, 0.15) is 6.61 Å². The zero-order valence-electron chi connectivity index (χ0n) is 17.6. The molecule has 1 N–H and O–H groups in total. The van der Waals surface area contributed by atoms with E-state index in [1.54, 1.807) is 26.2 Å². The normalized spacial score (nSPS) is 10.4. The molecule has 0 aliphatic rings. The summed E-state index contributed by atoms with van der Waals surface area (Å²) >= 11 is 0. The van der Waals surface area contributed by atoms with E-state index in [1.165, 1.54) is 5.56 Å². The van der Waals surface area contributed by atoms with Gasteiger partial charge < -0.3 is 19.5 Å². The van der Waals surface area contributed by atoms with Crippen LogP contribution in [0.5, 0.6) is 11.5 Å². The number of esters is 1. The Bertz CT molecular complexity index is 983. The summed E-state index contributed by atoms with van der Waals surface area (Å²) in [6.07, 6.45) is 0. The Hall–Kier alpha value is -3.47. The second-order valence-electron chi connectivity index (χ2n) is 6.88. The molecule has 0 atom stereocenters. The molecule has 0 aliphatic heterocycles. The number of benzene rings is 3. The Morgan fingerprint density at radius 3 is 2.47 bits per heavy atom. The van der Waals surface area contributed by atoms with Gasteiger partial charge in [-0.25, -0.2) is 4.79 Å². The SMILES string of the molecule is CCOC(=O)c1ccc(NCc2cccc(OC)c2OCc2cccc(C)c2)cc1. The minimum atomic E-state index is -0.316. The van der Waals surface area contributed by atoms with Crippen molar-refractivity contribution in [3.63, 3.8) is 0 Å². The van der Waals surface area contributed by atoms with Crippen molar-refractivity contribution in [2.24, 2.45) is 0 Å². The van der Waals surface area contributed by atoms with Gasteiger partial charge in [-0.15, -0.1) is 0 Å². The summed E-state index contributed by atoms with van der Waals surface area (Å²) in [6, 6.07) is 21.3. The number of hydrogen-bond donors (Lipinski definition) is 1. The second kappa shape index (κ2) is 10.3. The lowest BCUT2D eigenvalue weighted by Crippen LogP contribution is -2.06. The van der Waals surface area contributed by atoms with Crippen molar-refractivity contribution in [1.82, 2.24) is 0 Å². The number of carbonyl (C=O) groups is 1. The van der Waals surface area contributed by atoms with Crippen LogP contribution in [-0.2, 0) is 17.9 Å². The van der Waals surface area contributed by atoms with Gasteiger partial charge >= 0.3 is 5.97 Å². The molecule has 0 heterocycles. The maximum atomic E-state index is 11.8. The van der Waals surface area contributed by atoms with E-state index in [4.69, 9.17) is 14.2 Å². The third-order valence-electron chi connectivity index (χ3n) is 4.63. The number of carbonyl (C=O) groups excluding carboxylic acids is 1. The molecule has 0 aromatic heterocycles. The molecule has 3 rings (SSSR count). The molecule has 0 saturated heterocycles. The number of methoxy groups -OCH3 is 1. The number of hydrogen-bond acceptors (Lipinski definition) is 5. The summed E-state index contributed by atoms with van der Waals surface area (Å²) in [5.74, 6) is 1.10. The molecule has 0 aliphatic carbocycles. The average Bonchev–Trinajstić information content (AvgIpc) is 2.77. The number of ether oxygens (including phenoxy) is 3. The molecule has 3 aromatic carbocycles. The van der Waals surface area contributed by atoms with Gasteiger partial charge in [-0.05, 0) is 49.7 Å². The van der Waals surface area contributed by atoms with Crippen LogP contribution in [0.15, 0.2) is 66.7 Å². The van der Waals surface area contributed by atoms with Gasteiger partial charge in [0.05, 0.1) is 19.3 Å². The predicted octanol–water partition coefficient (Wildman–Crippen LogP) is 5.37. The summed E-state index contributed by atoms with van der Waals surface area (Å²) in [5, 5.41) is 3.37. The van der Waals surface area contributed by atoms with Gasteiger partial charge in [0.2, 0.25) is 0 Å². The van der Waals surface area contributed by atoms with E-state index in [9.17, 15) is 4.79 Å². The fraction of sp³-hybridized carbons (Fsp3) is 0.240. The van der Waals surface area contributed by atoms with E-state index >= 15 is 0 Å². The van der Waals surface area contributed by atoms with Crippen LogP contribution in [0.2, 0.25) is 0 Å². The largest absolute Gasteiger partial charge is 0.493 e. The van der Waals surface area contributed by atoms with Crippen molar-refractivity contribution in [2.45, 2.75) is 27.0 Å². The van der Waals surface area contributed by atoms with E-state index in [-0.39, 0.29) is 5.97 Å². The molecule has 0 radical (unpaired) electrons. The summed E-state index contributed by atoms with van der Waals surface area (Å²) in [5.41, 5.74) is 4.72. The fourth-order valence-electron chi connectivity index (χ4n) is 3.12. The topological polar surface area (TPSA) is 56.8 Å². The zero-order valence-corrected chi connectivity index (χ0v) is 17.6. The second-order valence-corrected chi connectivity index (χ2v) is 6.88. The molecule has 0 bridgehead atoms. The molecule has 0 amide bonds. The lowest BCUT2D eigenvalue weighted by molar-refractivity contribution is 0.0526. The maximum Gasteiger partial charge on any atom is 0.338 e. The van der Waals surface area contributed by atoms with Crippen LogP contribution in [0, 0.1) is 6.92 Å². The van der Waals surface area contributed by atoms with Crippen molar-refractivity contribution in [1.29, 1.82) is 0 Å². The van der Waals surface area contributed by atoms with Gasteiger partial charge in [0.25, 0.3) is 0 Å². The zero-order chi connectivity index (χ0) is 21.3. The molecule has 5 nitrogen and oxygen atoms in total. The van der Waals surface area contributed by atoms with Gasteiger partial charge in [0.15, 0.2) is 11.5 Å². The van der Waals surface area contributed by atoms with Crippen LogP contribution in [0.4, 0.5) is 5.69 Å². The number of rotatable bonds is 9. The highest BCUT2D eigenvalue weighted by Gasteiger charge is 2.12. The van der Waals surface area contributed by atoms with Gasteiger partial charge in [0, 0.05) is 17.8 Å². The molecule has 156 valence electrons. The quantitative estimate of drug-likeness (QED) is 0.485. The van der Waals surface area contributed by atoms with Crippen molar-refractivity contribution >= 4 is 11.7 Å². The molecule has 3 aromatic rings. The maximum absolute atomic E-state index is 11.8. The number of para-hydroxylation sites is 1. The van der Waals surface area contributed by atoms with E-state index in [0.29, 0.717) is 31.1 Å². The first-order chi connectivity index (χ1) is 14.6. The minimum absolute atomic E-state index is 0.316. The summed E-state index contributed by atoms with van der Waals surface area (Å²) in [6.45, 7) is 5.23. The first-order valence-electron chi connectivity index (χ1n) is 9.96. The highest BCUT2D eigenvalue weighted by atomic mass is 16.5. The molecule has 0 unspecified atom stereocenters. The van der Waals surface area contributed by atoms with Crippen LogP contribution >= 0.6 is 0 Å². The summed E-state index contributed by atoms with van der Waals surface area (Å²) in [4.78, 5) is 11.8. The van der Waals surface area contributed by atoms with Gasteiger partial charge in [-0.2, -0.15) is 0 Å². The summed E-state index contributed by atoms with van der Waals surface area (Å²) in [7, 11) is 1.64. The van der Waals surface area contributed by atoms with Crippen LogP contribution in [0.25, 0.3) is 0 Å². The van der Waals surface area contributed by atoms with Crippen molar-refractivity contribution in [3.05, 3.63) is 89.0 Å². The van der Waals surface area contributed by atoms with Crippen LogP contribution in [0.3, 0.4) is 0 Å². The Balaban J connectivity index is 1.70. The highest BCUT2D eigenvalue weighted by molar-refractivity contribution is 5.89. The third kappa shape index (κ3) is 5.54. The monoisotopic (exact) mass is 405 g/mol. The Morgan fingerprint density at radius 1 is 1.00 bits per heavy atom. The number of aryl methyl sites for hydroxylation is 1. The van der Waals surface area contributed by atoms with Crippen LogP contribution in [0.1, 0.15) is 34.0 Å². The Kier molecular flexibility index (Phi) is 7.33. The first-order valence-corrected chi connectivity index (χ1v) is 9.96. The first kappa shape index (κ1) is 21.2. The molecule has 5 heteroatoms. The molecular weight excluding hydrogens is 378 g/mol.